The maximum atomic E-state index is 5.86. The summed E-state index contributed by atoms with van der Waals surface area (Å²) in [6, 6.07) is 6.22. The van der Waals surface area contributed by atoms with Gasteiger partial charge in [-0.3, -0.25) is 0 Å². The van der Waals surface area contributed by atoms with E-state index < -0.39 is 0 Å². The van der Waals surface area contributed by atoms with Gasteiger partial charge in [0.2, 0.25) is 0 Å². The Morgan fingerprint density at radius 2 is 1.94 bits per heavy atom. The number of nitrogens with two attached hydrogens (primary N) is 1. The van der Waals surface area contributed by atoms with Crippen LogP contribution < -0.4 is 15.8 Å². The molecule has 1 aromatic carbocycles. The highest BCUT2D eigenvalue weighted by molar-refractivity contribution is 5.59. The minimum absolute atomic E-state index is 0.413. The van der Waals surface area contributed by atoms with Crippen molar-refractivity contribution in [1.29, 1.82) is 0 Å². The zero-order valence-electron chi connectivity index (χ0n) is 11.3. The van der Waals surface area contributed by atoms with E-state index in [9.17, 15) is 0 Å². The molecule has 1 rings (SSSR count). The van der Waals surface area contributed by atoms with Crippen LogP contribution in [0.5, 0.6) is 5.75 Å². The normalized spacial score (nSPS) is 12.5. The Labute approximate surface area is 104 Å². The average molecular weight is 236 g/mol. The van der Waals surface area contributed by atoms with Crippen molar-refractivity contribution in [2.75, 3.05) is 17.7 Å². The molecule has 0 aromatic heterocycles. The number of hydrogen-bond acceptors (Lipinski definition) is 3. The predicted octanol–water partition coefficient (Wildman–Crippen LogP) is 3.51. The lowest BCUT2D eigenvalue weighted by atomic mass is 10.1. The van der Waals surface area contributed by atoms with Crippen LogP contribution >= 0.6 is 0 Å². The third-order valence-corrected chi connectivity index (χ3v) is 2.80. The number of rotatable bonds is 6. The van der Waals surface area contributed by atoms with Gasteiger partial charge in [0.15, 0.2) is 0 Å². The van der Waals surface area contributed by atoms with Gasteiger partial charge < -0.3 is 15.8 Å². The van der Waals surface area contributed by atoms with Crippen molar-refractivity contribution in [1.82, 2.24) is 0 Å². The Kier molecular flexibility index (Phi) is 5.13. The quantitative estimate of drug-likeness (QED) is 0.743. The van der Waals surface area contributed by atoms with E-state index in [0.717, 1.165) is 30.2 Å². The van der Waals surface area contributed by atoms with Crippen LogP contribution in [-0.2, 0) is 0 Å². The number of nitrogen functional groups attached to an aromatic ring is 1. The fourth-order valence-corrected chi connectivity index (χ4v) is 1.44. The highest BCUT2D eigenvalue weighted by atomic mass is 16.5. The molecule has 0 amide bonds. The van der Waals surface area contributed by atoms with Crippen LogP contribution in [0.15, 0.2) is 18.2 Å². The predicted molar refractivity (Wildman–Crippen MR) is 74.6 cm³/mol. The van der Waals surface area contributed by atoms with Gasteiger partial charge >= 0.3 is 0 Å². The zero-order chi connectivity index (χ0) is 12.8. The van der Waals surface area contributed by atoms with Crippen molar-refractivity contribution < 1.29 is 4.74 Å². The molecule has 0 spiro atoms. The first-order chi connectivity index (χ1) is 8.02. The minimum Gasteiger partial charge on any atom is -0.493 e. The second kappa shape index (κ2) is 6.38. The lowest BCUT2D eigenvalue weighted by Gasteiger charge is -2.19. The Hall–Kier alpha value is -1.38. The summed E-state index contributed by atoms with van der Waals surface area (Å²) in [7, 11) is 0. The molecule has 0 radical (unpaired) electrons. The van der Waals surface area contributed by atoms with Crippen LogP contribution in [0.1, 0.15) is 34.1 Å². The molecule has 0 bridgehead atoms. The van der Waals surface area contributed by atoms with Gasteiger partial charge in [-0.2, -0.15) is 0 Å². The minimum atomic E-state index is 0.413. The van der Waals surface area contributed by atoms with Crippen LogP contribution in [0.3, 0.4) is 0 Å². The molecular weight excluding hydrogens is 212 g/mol. The standard InChI is InChI=1S/C14H24N2O/c1-5-6-17-14-8-12(15)7-13(9-14)16-11(4)10(2)3/h7-11,16H,5-6,15H2,1-4H3. The Bertz CT molecular complexity index is 350. The Morgan fingerprint density at radius 3 is 2.53 bits per heavy atom. The van der Waals surface area contributed by atoms with Crippen LogP contribution in [0.4, 0.5) is 11.4 Å². The van der Waals surface area contributed by atoms with E-state index >= 15 is 0 Å². The molecule has 1 unspecified atom stereocenters. The molecule has 0 saturated carbocycles. The second-order valence-corrected chi connectivity index (χ2v) is 4.82. The lowest BCUT2D eigenvalue weighted by molar-refractivity contribution is 0.317. The summed E-state index contributed by atoms with van der Waals surface area (Å²) in [6.07, 6.45) is 1.000. The molecule has 0 saturated heterocycles. The van der Waals surface area contributed by atoms with Gasteiger partial charge in [0, 0.05) is 29.5 Å². The van der Waals surface area contributed by atoms with E-state index in [1.54, 1.807) is 0 Å². The van der Waals surface area contributed by atoms with E-state index in [4.69, 9.17) is 10.5 Å². The first-order valence-corrected chi connectivity index (χ1v) is 6.32. The van der Waals surface area contributed by atoms with Crippen LogP contribution in [-0.4, -0.2) is 12.6 Å². The van der Waals surface area contributed by atoms with E-state index in [2.05, 4.69) is 33.0 Å². The molecule has 3 N–H and O–H groups in total. The molecule has 0 aliphatic carbocycles. The van der Waals surface area contributed by atoms with Crippen molar-refractivity contribution in [2.24, 2.45) is 5.92 Å². The Morgan fingerprint density at radius 1 is 1.24 bits per heavy atom. The topological polar surface area (TPSA) is 47.3 Å². The second-order valence-electron chi connectivity index (χ2n) is 4.82. The SMILES string of the molecule is CCCOc1cc(N)cc(NC(C)C(C)C)c1. The molecule has 0 fully saturated rings. The third-order valence-electron chi connectivity index (χ3n) is 2.80. The molecule has 3 nitrogen and oxygen atoms in total. The van der Waals surface area contributed by atoms with Gasteiger partial charge in [0.1, 0.15) is 5.75 Å². The van der Waals surface area contributed by atoms with Crippen molar-refractivity contribution in [3.8, 4) is 5.75 Å². The molecule has 1 atom stereocenters. The van der Waals surface area contributed by atoms with Gasteiger partial charge in [0.05, 0.1) is 6.61 Å². The van der Waals surface area contributed by atoms with Crippen LogP contribution in [0, 0.1) is 5.92 Å². The van der Waals surface area contributed by atoms with E-state index in [1.165, 1.54) is 0 Å². The molecule has 3 heteroatoms. The molecule has 0 aliphatic rings. The molecule has 1 aromatic rings. The van der Waals surface area contributed by atoms with Gasteiger partial charge in [-0.1, -0.05) is 20.8 Å². The summed E-state index contributed by atoms with van der Waals surface area (Å²) in [5.41, 5.74) is 7.62. The van der Waals surface area contributed by atoms with Crippen molar-refractivity contribution >= 4 is 11.4 Å². The van der Waals surface area contributed by atoms with E-state index in [-0.39, 0.29) is 0 Å². The highest BCUT2D eigenvalue weighted by Crippen LogP contribution is 2.24. The van der Waals surface area contributed by atoms with Crippen molar-refractivity contribution in [3.05, 3.63) is 18.2 Å². The van der Waals surface area contributed by atoms with Gasteiger partial charge in [0.25, 0.3) is 0 Å². The largest absolute Gasteiger partial charge is 0.493 e. The van der Waals surface area contributed by atoms with E-state index in [1.807, 2.05) is 18.2 Å². The number of benzene rings is 1. The summed E-state index contributed by atoms with van der Waals surface area (Å²) < 4.78 is 5.60. The highest BCUT2D eigenvalue weighted by Gasteiger charge is 2.07. The zero-order valence-corrected chi connectivity index (χ0v) is 11.3. The molecule has 96 valence electrons. The lowest BCUT2D eigenvalue weighted by Crippen LogP contribution is -2.21. The molecule has 0 aliphatic heterocycles. The summed E-state index contributed by atoms with van der Waals surface area (Å²) in [5, 5.41) is 3.44. The number of ether oxygens (including phenoxy) is 1. The first kappa shape index (κ1) is 13.7. The fraction of sp³-hybridized carbons (Fsp3) is 0.571. The third kappa shape index (κ3) is 4.55. The summed E-state index contributed by atoms with van der Waals surface area (Å²) in [4.78, 5) is 0. The summed E-state index contributed by atoms with van der Waals surface area (Å²) in [6.45, 7) is 9.37. The van der Waals surface area contributed by atoms with E-state index in [0.29, 0.717) is 12.0 Å². The van der Waals surface area contributed by atoms with Gasteiger partial charge in [-0.25, -0.2) is 0 Å². The maximum Gasteiger partial charge on any atom is 0.123 e. The Balaban J connectivity index is 2.74. The maximum absolute atomic E-state index is 5.86. The van der Waals surface area contributed by atoms with Crippen LogP contribution in [0.25, 0.3) is 0 Å². The average Bonchev–Trinajstić information content (AvgIpc) is 2.25. The molecule has 0 heterocycles. The van der Waals surface area contributed by atoms with Crippen molar-refractivity contribution in [2.45, 2.75) is 40.2 Å². The summed E-state index contributed by atoms with van der Waals surface area (Å²) in [5.74, 6) is 1.42. The van der Waals surface area contributed by atoms with Crippen molar-refractivity contribution in [3.63, 3.8) is 0 Å². The summed E-state index contributed by atoms with van der Waals surface area (Å²) >= 11 is 0. The van der Waals surface area contributed by atoms with Crippen LogP contribution in [0.2, 0.25) is 0 Å². The van der Waals surface area contributed by atoms with Gasteiger partial charge in [-0.15, -0.1) is 0 Å². The smallest absolute Gasteiger partial charge is 0.123 e. The monoisotopic (exact) mass is 236 g/mol. The number of anilines is 2. The fourth-order valence-electron chi connectivity index (χ4n) is 1.44. The first-order valence-electron chi connectivity index (χ1n) is 6.32. The van der Waals surface area contributed by atoms with Gasteiger partial charge in [-0.05, 0) is 25.3 Å². The number of nitrogens with one attached hydrogen (secondary N) is 1. The molecule has 17 heavy (non-hydrogen) atoms. The molecular formula is C14H24N2O. The number of hydrogen-bond donors (Lipinski definition) is 2.